The molecule has 1 nitrogen and oxygen atoms in total. The number of hydrogen-bond donors (Lipinski definition) is 0. The quantitative estimate of drug-likeness (QED) is 0.120. The Labute approximate surface area is 317 Å². The highest BCUT2D eigenvalue weighted by molar-refractivity contribution is 6.15. The van der Waals surface area contributed by atoms with Crippen LogP contribution in [-0.4, -0.2) is 5.71 Å². The molecule has 0 atom stereocenters. The van der Waals surface area contributed by atoms with E-state index in [-0.39, 0.29) is 0 Å². The summed E-state index contributed by atoms with van der Waals surface area (Å²) in [6.45, 7) is 23.0. The predicted molar refractivity (Wildman–Crippen MR) is 236 cm³/mol. The van der Waals surface area contributed by atoms with Gasteiger partial charge in [-0.05, 0) is 106 Å². The number of hydrogen-bond acceptors (Lipinski definition) is 1. The first-order valence-electron chi connectivity index (χ1n) is 18.4. The molecule has 6 rings (SSSR count). The fraction of sp³-hybridized carbons (Fsp3) is 0.0962. The lowest BCUT2D eigenvalue weighted by Crippen LogP contribution is -2.05. The molecule has 0 fully saturated rings. The van der Waals surface area contributed by atoms with Crippen LogP contribution in [0.15, 0.2) is 170 Å². The van der Waals surface area contributed by atoms with Gasteiger partial charge < -0.3 is 0 Å². The second kappa shape index (κ2) is 18.3. The van der Waals surface area contributed by atoms with Crippen LogP contribution >= 0.6 is 0 Å². The van der Waals surface area contributed by atoms with Crippen molar-refractivity contribution in [3.05, 3.63) is 210 Å². The van der Waals surface area contributed by atoms with E-state index in [0.29, 0.717) is 5.70 Å². The van der Waals surface area contributed by atoms with Crippen LogP contribution < -0.4 is 0 Å². The van der Waals surface area contributed by atoms with Crippen LogP contribution in [0.3, 0.4) is 0 Å². The first kappa shape index (κ1) is 37.9. The van der Waals surface area contributed by atoms with Crippen molar-refractivity contribution in [1.82, 2.24) is 0 Å². The molecule has 53 heavy (non-hydrogen) atoms. The Morgan fingerprint density at radius 3 is 1.55 bits per heavy atom. The Hall–Kier alpha value is -6.31. The van der Waals surface area contributed by atoms with E-state index in [1.54, 1.807) is 0 Å². The van der Waals surface area contributed by atoms with Crippen LogP contribution in [-0.2, 0) is 0 Å². The molecule has 0 bridgehead atoms. The molecule has 0 spiro atoms. The third-order valence-corrected chi connectivity index (χ3v) is 9.18. The van der Waals surface area contributed by atoms with E-state index in [4.69, 9.17) is 4.99 Å². The summed E-state index contributed by atoms with van der Waals surface area (Å²) in [4.78, 5) is 5.14. The number of rotatable bonds is 11. The van der Waals surface area contributed by atoms with Gasteiger partial charge in [-0.2, -0.15) is 0 Å². The summed E-state index contributed by atoms with van der Waals surface area (Å²) in [6.07, 6.45) is 12.3. The number of allylic oxidation sites excluding steroid dienone is 2. The van der Waals surface area contributed by atoms with Crippen molar-refractivity contribution in [1.29, 1.82) is 0 Å². The molecule has 1 heteroatoms. The van der Waals surface area contributed by atoms with Crippen molar-refractivity contribution in [2.24, 2.45) is 4.99 Å². The van der Waals surface area contributed by atoms with Crippen LogP contribution in [0.25, 0.3) is 63.4 Å². The maximum atomic E-state index is 5.14. The van der Waals surface area contributed by atoms with Gasteiger partial charge in [0.1, 0.15) is 0 Å². The summed E-state index contributed by atoms with van der Waals surface area (Å²) in [5, 5.41) is 0. The highest BCUT2D eigenvalue weighted by Gasteiger charge is 2.15. The molecule has 0 aromatic heterocycles. The van der Waals surface area contributed by atoms with Crippen molar-refractivity contribution in [3.63, 3.8) is 0 Å². The Balaban J connectivity index is 0.00000266. The van der Waals surface area contributed by atoms with Crippen molar-refractivity contribution < 1.29 is 0 Å². The summed E-state index contributed by atoms with van der Waals surface area (Å²) in [5.74, 6) is 0. The fourth-order valence-corrected chi connectivity index (χ4v) is 6.65. The normalized spacial score (nSPS) is 11.3. The number of nitrogens with zero attached hydrogens (tertiary/aromatic N) is 1. The van der Waals surface area contributed by atoms with E-state index >= 15 is 0 Å². The number of benzene rings is 6. The Bertz CT molecular complexity index is 2230. The van der Waals surface area contributed by atoms with Gasteiger partial charge in [-0.15, -0.1) is 0 Å². The fourth-order valence-electron chi connectivity index (χ4n) is 6.65. The molecule has 0 aliphatic rings. The monoisotopic (exact) mass is 687 g/mol. The summed E-state index contributed by atoms with van der Waals surface area (Å²) in [6, 6.07) is 47.0. The van der Waals surface area contributed by atoms with Crippen LogP contribution in [0.1, 0.15) is 72.2 Å². The van der Waals surface area contributed by atoms with E-state index in [9.17, 15) is 0 Å². The molecule has 0 saturated carbocycles. The summed E-state index contributed by atoms with van der Waals surface area (Å²) in [7, 11) is 0. The highest BCUT2D eigenvalue weighted by Crippen LogP contribution is 2.38. The Morgan fingerprint density at radius 2 is 1.04 bits per heavy atom. The van der Waals surface area contributed by atoms with Crippen LogP contribution in [0.4, 0.5) is 0 Å². The van der Waals surface area contributed by atoms with Crippen LogP contribution in [0.2, 0.25) is 0 Å². The van der Waals surface area contributed by atoms with Crippen LogP contribution in [0, 0.1) is 6.92 Å². The average molecular weight is 688 g/mol. The summed E-state index contributed by atoms with van der Waals surface area (Å²) < 4.78 is 0. The van der Waals surface area contributed by atoms with E-state index in [0.717, 1.165) is 78.0 Å². The molecule has 262 valence electrons. The first-order valence-corrected chi connectivity index (χ1v) is 18.4. The minimum atomic E-state index is 0.714. The lowest BCUT2D eigenvalue weighted by atomic mass is 9.88. The molecule has 6 aromatic rings. The second-order valence-electron chi connectivity index (χ2n) is 12.5. The van der Waals surface area contributed by atoms with Gasteiger partial charge in [-0.3, -0.25) is 0 Å². The molecule has 0 N–H and O–H groups in total. The maximum absolute atomic E-state index is 5.14. The lowest BCUT2D eigenvalue weighted by molar-refractivity contribution is 1.41. The SMILES string of the molecule is C=Cc1c(/C=C\C)cccc1-c1cc(-c2ccc(C(=C)N=C(c3ccccc3)c3ccccc3C)cc2)cc(-c2cccc(/C=C\C)c2C=C)c1.CC. The Morgan fingerprint density at radius 1 is 0.528 bits per heavy atom. The third-order valence-electron chi connectivity index (χ3n) is 9.18. The van der Waals surface area contributed by atoms with E-state index in [2.05, 4.69) is 166 Å². The van der Waals surface area contributed by atoms with Gasteiger partial charge in [0.2, 0.25) is 0 Å². The molecule has 0 amide bonds. The van der Waals surface area contributed by atoms with E-state index < -0.39 is 0 Å². The van der Waals surface area contributed by atoms with Gasteiger partial charge >= 0.3 is 0 Å². The molecule has 0 aliphatic carbocycles. The van der Waals surface area contributed by atoms with Gasteiger partial charge in [0.05, 0.1) is 11.4 Å². The molecule has 0 saturated heterocycles. The van der Waals surface area contributed by atoms with Crippen molar-refractivity contribution >= 4 is 35.7 Å². The number of aliphatic imine (C=N–C) groups is 1. The molecule has 6 aromatic carbocycles. The standard InChI is InChI=1S/C50H43N.C2H6/c1-7-18-39-23-16-26-48(45(39)9-3)43-32-42(33-44(34-43)49-27-17-24-40(19-8-2)46(49)10-4)38-30-28-37(29-31-38)36(6)51-50(41-21-12-11-13-22-41)47-25-15-14-20-35(47)5;1-2/h7-34H,3-4,6H2,1-2,5H3;1-2H3/b18-7-,19-8-,51-50?;. The lowest BCUT2D eigenvalue weighted by Gasteiger charge is -2.16. The van der Waals surface area contributed by atoms with Gasteiger partial charge in [-0.1, -0.05) is 185 Å². The van der Waals surface area contributed by atoms with Crippen molar-refractivity contribution in [3.8, 4) is 33.4 Å². The summed E-state index contributed by atoms with van der Waals surface area (Å²) >= 11 is 0. The second-order valence-corrected chi connectivity index (χ2v) is 12.5. The minimum absolute atomic E-state index is 0.714. The zero-order valence-corrected chi connectivity index (χ0v) is 31.7. The zero-order valence-electron chi connectivity index (χ0n) is 31.7. The Kier molecular flexibility index (Phi) is 13.1. The van der Waals surface area contributed by atoms with Crippen molar-refractivity contribution in [2.45, 2.75) is 34.6 Å². The number of aryl methyl sites for hydroxylation is 1. The summed E-state index contributed by atoms with van der Waals surface area (Å²) in [5.41, 5.74) is 17.2. The minimum Gasteiger partial charge on any atom is -0.248 e. The van der Waals surface area contributed by atoms with Gasteiger partial charge in [0, 0.05) is 11.1 Å². The molecule has 0 heterocycles. The molecular weight excluding hydrogens is 639 g/mol. The predicted octanol–water partition coefficient (Wildman–Crippen LogP) is 14.9. The topological polar surface area (TPSA) is 12.4 Å². The van der Waals surface area contributed by atoms with Gasteiger partial charge in [0.15, 0.2) is 0 Å². The van der Waals surface area contributed by atoms with Gasteiger partial charge in [-0.25, -0.2) is 4.99 Å². The van der Waals surface area contributed by atoms with Gasteiger partial charge in [0.25, 0.3) is 0 Å². The zero-order chi connectivity index (χ0) is 37.7. The van der Waals surface area contributed by atoms with Crippen LogP contribution in [0.5, 0.6) is 0 Å². The molecule has 0 unspecified atom stereocenters. The highest BCUT2D eigenvalue weighted by atomic mass is 14.8. The first-order chi connectivity index (χ1) is 25.9. The van der Waals surface area contributed by atoms with E-state index in [1.165, 1.54) is 5.56 Å². The smallest absolute Gasteiger partial charge is 0.0784 e. The van der Waals surface area contributed by atoms with E-state index in [1.807, 2.05) is 58.0 Å². The maximum Gasteiger partial charge on any atom is 0.0784 e. The average Bonchev–Trinajstić information content (AvgIpc) is 3.21. The molecule has 0 radical (unpaired) electrons. The van der Waals surface area contributed by atoms with Crippen molar-refractivity contribution in [2.75, 3.05) is 0 Å². The third kappa shape index (κ3) is 8.60. The molecule has 0 aliphatic heterocycles. The molecular formula is C52H49N. The largest absolute Gasteiger partial charge is 0.248 e.